The summed E-state index contributed by atoms with van der Waals surface area (Å²) in [4.78, 5) is 35.2. The van der Waals surface area contributed by atoms with E-state index in [4.69, 9.17) is 4.74 Å². The Morgan fingerprint density at radius 1 is 1.35 bits per heavy atom. The van der Waals surface area contributed by atoms with Crippen LogP contribution < -0.4 is 5.32 Å². The Morgan fingerprint density at radius 3 is 2.50 bits per heavy atom. The molecule has 1 unspecified atom stereocenters. The normalized spacial score (nSPS) is 13.4. The number of carbonyl (C=O) groups is 2. The van der Waals surface area contributed by atoms with Crippen LogP contribution in [0.5, 0.6) is 0 Å². The summed E-state index contributed by atoms with van der Waals surface area (Å²) in [5.74, 6) is -0.599. The zero-order valence-electron chi connectivity index (χ0n) is 15.7. The molecule has 0 aromatic heterocycles. The maximum Gasteiger partial charge on any atom is 0.408 e. The summed E-state index contributed by atoms with van der Waals surface area (Å²) in [6, 6.07) is 5.55. The van der Waals surface area contributed by atoms with Crippen LogP contribution in [0.2, 0.25) is 0 Å². The summed E-state index contributed by atoms with van der Waals surface area (Å²) in [6.45, 7) is 10.5. The van der Waals surface area contributed by atoms with Gasteiger partial charge in [-0.05, 0) is 33.1 Å². The molecule has 0 aliphatic heterocycles. The number of nitro groups is 1. The topological polar surface area (TPSA) is 98.5 Å². The zero-order chi connectivity index (χ0) is 19.9. The SMILES string of the molecule is C=CC[C@H](NC(=O)OC(C)(C)C)C(=O)CC(C)c1ccccc1[N+](=O)[O-]. The summed E-state index contributed by atoms with van der Waals surface area (Å²) in [7, 11) is 0. The number of rotatable bonds is 8. The molecule has 0 saturated heterocycles. The monoisotopic (exact) mass is 362 g/mol. The second-order valence-corrected chi connectivity index (χ2v) is 7.11. The average Bonchev–Trinajstić information content (AvgIpc) is 2.52. The molecule has 0 radical (unpaired) electrons. The molecule has 0 spiro atoms. The molecular formula is C19H26N2O5. The van der Waals surface area contributed by atoms with Gasteiger partial charge in [0.1, 0.15) is 5.60 Å². The molecule has 1 aromatic carbocycles. The van der Waals surface area contributed by atoms with Crippen molar-refractivity contribution in [2.24, 2.45) is 0 Å². The lowest BCUT2D eigenvalue weighted by atomic mass is 9.91. The van der Waals surface area contributed by atoms with Crippen molar-refractivity contribution in [3.05, 3.63) is 52.6 Å². The van der Waals surface area contributed by atoms with Crippen LogP contribution >= 0.6 is 0 Å². The fraction of sp³-hybridized carbons (Fsp3) is 0.474. The first-order valence-corrected chi connectivity index (χ1v) is 8.41. The number of hydrogen-bond donors (Lipinski definition) is 1. The Hall–Kier alpha value is -2.70. The van der Waals surface area contributed by atoms with Crippen molar-refractivity contribution >= 4 is 17.6 Å². The summed E-state index contributed by atoms with van der Waals surface area (Å²) >= 11 is 0. The molecule has 1 amide bonds. The van der Waals surface area contributed by atoms with Crippen molar-refractivity contribution in [1.29, 1.82) is 0 Å². The predicted octanol–water partition coefficient (Wildman–Crippen LogP) is 4.13. The highest BCUT2D eigenvalue weighted by Crippen LogP contribution is 2.29. The zero-order valence-corrected chi connectivity index (χ0v) is 15.7. The summed E-state index contributed by atoms with van der Waals surface area (Å²) in [5.41, 5.74) is -0.210. The second-order valence-electron chi connectivity index (χ2n) is 7.11. The van der Waals surface area contributed by atoms with Crippen molar-refractivity contribution in [1.82, 2.24) is 5.32 Å². The van der Waals surface area contributed by atoms with Crippen LogP contribution in [0.25, 0.3) is 0 Å². The van der Waals surface area contributed by atoms with Crippen molar-refractivity contribution in [3.8, 4) is 0 Å². The van der Waals surface area contributed by atoms with E-state index in [0.717, 1.165) is 0 Å². The van der Waals surface area contributed by atoms with Crippen LogP contribution in [-0.4, -0.2) is 28.4 Å². The Bertz CT molecular complexity index is 679. The molecule has 1 aromatic rings. The first-order valence-electron chi connectivity index (χ1n) is 8.41. The van der Waals surface area contributed by atoms with E-state index < -0.39 is 22.7 Å². The van der Waals surface area contributed by atoms with E-state index in [0.29, 0.717) is 5.56 Å². The Morgan fingerprint density at radius 2 is 1.96 bits per heavy atom. The number of nitro benzene ring substituents is 1. The molecule has 0 heterocycles. The minimum Gasteiger partial charge on any atom is -0.444 e. The molecule has 1 rings (SSSR count). The Kier molecular flexibility index (Phi) is 7.49. The van der Waals surface area contributed by atoms with Gasteiger partial charge in [0, 0.05) is 18.1 Å². The predicted molar refractivity (Wildman–Crippen MR) is 99.1 cm³/mol. The number of nitrogens with zero attached hydrogens (tertiary/aromatic N) is 1. The van der Waals surface area contributed by atoms with E-state index in [2.05, 4.69) is 11.9 Å². The van der Waals surface area contributed by atoms with E-state index in [1.165, 1.54) is 12.1 Å². The minimum absolute atomic E-state index is 0.0202. The van der Waals surface area contributed by atoms with E-state index >= 15 is 0 Å². The fourth-order valence-corrected chi connectivity index (χ4v) is 2.51. The van der Waals surface area contributed by atoms with Gasteiger partial charge in [0.05, 0.1) is 11.0 Å². The van der Waals surface area contributed by atoms with Gasteiger partial charge in [-0.15, -0.1) is 6.58 Å². The van der Waals surface area contributed by atoms with Gasteiger partial charge in [0.25, 0.3) is 5.69 Å². The molecule has 0 aliphatic rings. The number of ether oxygens (including phenoxy) is 1. The van der Waals surface area contributed by atoms with Crippen LogP contribution in [0.15, 0.2) is 36.9 Å². The number of para-hydroxylation sites is 1. The number of alkyl carbamates (subject to hydrolysis) is 1. The number of nitrogens with one attached hydrogen (secondary N) is 1. The van der Waals surface area contributed by atoms with Gasteiger partial charge >= 0.3 is 6.09 Å². The quantitative estimate of drug-likeness (QED) is 0.426. The largest absolute Gasteiger partial charge is 0.444 e. The van der Waals surface area contributed by atoms with Crippen molar-refractivity contribution in [2.75, 3.05) is 0 Å². The molecule has 7 nitrogen and oxygen atoms in total. The number of hydrogen-bond acceptors (Lipinski definition) is 5. The standard InChI is InChI=1S/C19H26N2O5/c1-6-9-15(20-18(23)26-19(3,4)5)17(22)12-13(2)14-10-7-8-11-16(14)21(24)25/h6-8,10-11,13,15H,1,9,12H2,2-5H3,(H,20,23)/t13?,15-/m0/s1. The highest BCUT2D eigenvalue weighted by molar-refractivity contribution is 5.88. The van der Waals surface area contributed by atoms with Gasteiger partial charge < -0.3 is 10.1 Å². The van der Waals surface area contributed by atoms with E-state index in [1.54, 1.807) is 45.9 Å². The first kappa shape index (κ1) is 21.3. The maximum absolute atomic E-state index is 12.6. The summed E-state index contributed by atoms with van der Waals surface area (Å²) in [5, 5.41) is 13.7. The lowest BCUT2D eigenvalue weighted by Gasteiger charge is -2.23. The van der Waals surface area contributed by atoms with Gasteiger partial charge in [-0.2, -0.15) is 0 Å². The highest BCUT2D eigenvalue weighted by atomic mass is 16.6. The lowest BCUT2D eigenvalue weighted by Crippen LogP contribution is -2.43. The molecule has 0 aliphatic carbocycles. The third-order valence-electron chi connectivity index (χ3n) is 3.65. The van der Waals surface area contributed by atoms with Crippen molar-refractivity contribution in [3.63, 3.8) is 0 Å². The average molecular weight is 362 g/mol. The van der Waals surface area contributed by atoms with Gasteiger partial charge in [-0.25, -0.2) is 4.79 Å². The molecule has 0 saturated carbocycles. The number of carbonyl (C=O) groups excluding carboxylic acids is 2. The van der Waals surface area contributed by atoms with E-state index in [-0.39, 0.29) is 30.2 Å². The molecule has 0 bridgehead atoms. The first-order chi connectivity index (χ1) is 12.0. The minimum atomic E-state index is -0.785. The smallest absolute Gasteiger partial charge is 0.408 e. The number of Topliss-reactive ketones (excluding diaryl/α,β-unsaturated/α-hetero) is 1. The van der Waals surface area contributed by atoms with Gasteiger partial charge in [0.2, 0.25) is 0 Å². The Labute approximate surface area is 153 Å². The molecule has 0 fully saturated rings. The summed E-state index contributed by atoms with van der Waals surface area (Å²) in [6.07, 6.45) is 1.16. The van der Waals surface area contributed by atoms with Crippen LogP contribution in [0.3, 0.4) is 0 Å². The molecule has 7 heteroatoms. The van der Waals surface area contributed by atoms with Gasteiger partial charge in [-0.1, -0.05) is 31.2 Å². The molecule has 2 atom stereocenters. The number of ketones is 1. The highest BCUT2D eigenvalue weighted by Gasteiger charge is 2.26. The van der Waals surface area contributed by atoms with Crippen LogP contribution in [0.4, 0.5) is 10.5 Å². The van der Waals surface area contributed by atoms with Gasteiger partial charge in [-0.3, -0.25) is 14.9 Å². The fourth-order valence-electron chi connectivity index (χ4n) is 2.51. The van der Waals surface area contributed by atoms with Crippen LogP contribution in [0.1, 0.15) is 52.0 Å². The number of benzene rings is 1. The third kappa shape index (κ3) is 6.66. The second kappa shape index (κ2) is 9.12. The molecule has 26 heavy (non-hydrogen) atoms. The summed E-state index contributed by atoms with van der Waals surface area (Å²) < 4.78 is 5.18. The van der Waals surface area contributed by atoms with Crippen molar-refractivity contribution in [2.45, 2.75) is 58.1 Å². The lowest BCUT2D eigenvalue weighted by molar-refractivity contribution is -0.385. The molecular weight excluding hydrogens is 336 g/mol. The number of amides is 1. The van der Waals surface area contributed by atoms with Crippen LogP contribution in [-0.2, 0) is 9.53 Å². The van der Waals surface area contributed by atoms with Crippen molar-refractivity contribution < 1.29 is 19.2 Å². The van der Waals surface area contributed by atoms with E-state index in [1.807, 2.05) is 0 Å². The molecule has 142 valence electrons. The van der Waals surface area contributed by atoms with E-state index in [9.17, 15) is 19.7 Å². The molecule has 1 N–H and O–H groups in total. The maximum atomic E-state index is 12.6. The third-order valence-corrected chi connectivity index (χ3v) is 3.65. The van der Waals surface area contributed by atoms with Crippen LogP contribution in [0, 0.1) is 10.1 Å². The van der Waals surface area contributed by atoms with Gasteiger partial charge in [0.15, 0.2) is 5.78 Å². The Balaban J connectivity index is 2.85.